The number of amides is 1. The lowest BCUT2D eigenvalue weighted by atomic mass is 9.99. The molecule has 1 saturated heterocycles. The maximum absolute atomic E-state index is 13.0. The summed E-state index contributed by atoms with van der Waals surface area (Å²) in [6.45, 7) is 3.14. The first kappa shape index (κ1) is 52.3. The lowest BCUT2D eigenvalue weighted by Gasteiger charge is -2.41. The van der Waals surface area contributed by atoms with Crippen LogP contribution in [-0.2, 0) is 28.9 Å². The number of ether oxygens (including phenoxy) is 2. The molecule has 14 heteroatoms. The molecule has 0 saturated carbocycles. The van der Waals surface area contributed by atoms with E-state index in [1.54, 1.807) is 6.08 Å². The Morgan fingerprint density at radius 1 is 0.714 bits per heavy atom. The zero-order chi connectivity index (χ0) is 41.4. The molecule has 0 aliphatic carbocycles. The third-order valence-electron chi connectivity index (χ3n) is 10.0. The van der Waals surface area contributed by atoms with Crippen molar-refractivity contribution in [2.45, 2.75) is 210 Å². The summed E-state index contributed by atoms with van der Waals surface area (Å²) < 4.78 is 47.4. The topological polar surface area (TPSA) is 212 Å². The van der Waals surface area contributed by atoms with Gasteiger partial charge in [0.25, 0.3) is 0 Å². The van der Waals surface area contributed by atoms with Crippen molar-refractivity contribution in [3.05, 3.63) is 36.5 Å². The van der Waals surface area contributed by atoms with E-state index >= 15 is 0 Å². The molecule has 1 amide bonds. The van der Waals surface area contributed by atoms with E-state index in [4.69, 9.17) is 14.0 Å². The molecule has 1 aliphatic rings. The van der Waals surface area contributed by atoms with Gasteiger partial charge in [0, 0.05) is 0 Å². The van der Waals surface area contributed by atoms with Crippen LogP contribution in [0.25, 0.3) is 0 Å². The van der Waals surface area contributed by atoms with Gasteiger partial charge in [-0.05, 0) is 57.8 Å². The second-order valence-corrected chi connectivity index (χ2v) is 16.1. The third kappa shape index (κ3) is 25.6. The van der Waals surface area contributed by atoms with Crippen LogP contribution in [0.5, 0.6) is 0 Å². The fraction of sp³-hybridized carbons (Fsp3) is 0.833. The summed E-state index contributed by atoms with van der Waals surface area (Å²) in [6, 6.07) is -1.14. The van der Waals surface area contributed by atoms with Crippen LogP contribution in [0.1, 0.15) is 162 Å². The van der Waals surface area contributed by atoms with Gasteiger partial charge in [0.1, 0.15) is 30.5 Å². The number of hydrogen-bond acceptors (Lipinski definition) is 11. The van der Waals surface area contributed by atoms with E-state index in [0.717, 1.165) is 64.2 Å². The molecule has 0 aromatic heterocycles. The Morgan fingerprint density at radius 2 is 1.20 bits per heavy atom. The van der Waals surface area contributed by atoms with E-state index in [-0.39, 0.29) is 6.42 Å². The molecule has 0 spiro atoms. The maximum Gasteiger partial charge on any atom is 0.397 e. The summed E-state index contributed by atoms with van der Waals surface area (Å²) in [4.78, 5) is 13.0. The van der Waals surface area contributed by atoms with Gasteiger partial charge in [0.2, 0.25) is 5.91 Å². The summed E-state index contributed by atoms with van der Waals surface area (Å²) in [6.07, 6.45) is 25.2. The Kier molecular flexibility index (Phi) is 31.0. The molecule has 8 unspecified atom stereocenters. The largest absolute Gasteiger partial charge is 0.397 e. The molecule has 56 heavy (non-hydrogen) atoms. The van der Waals surface area contributed by atoms with Gasteiger partial charge in [-0.25, -0.2) is 4.18 Å². The lowest BCUT2D eigenvalue weighted by molar-refractivity contribution is -0.298. The minimum atomic E-state index is -5.12. The monoisotopic (exact) mass is 820 g/mol. The first-order chi connectivity index (χ1) is 26.9. The highest BCUT2D eigenvalue weighted by atomic mass is 32.3. The predicted octanol–water partition coefficient (Wildman–Crippen LogP) is 6.52. The normalized spacial score (nSPS) is 22.3. The van der Waals surface area contributed by atoms with Crippen LogP contribution >= 0.6 is 0 Å². The second-order valence-electron chi connectivity index (χ2n) is 15.1. The Balaban J connectivity index is 2.68. The number of nitrogens with one attached hydrogen (secondary N) is 1. The van der Waals surface area contributed by atoms with Crippen molar-refractivity contribution >= 4 is 16.3 Å². The molecule has 1 rings (SSSR count). The first-order valence-corrected chi connectivity index (χ1v) is 22.8. The minimum Gasteiger partial charge on any atom is -0.394 e. The highest BCUT2D eigenvalue weighted by molar-refractivity contribution is 7.80. The molecule has 1 aliphatic heterocycles. The number of allylic oxidation sites excluding steroid dienone is 5. The quantitative estimate of drug-likeness (QED) is 0.0207. The third-order valence-corrected chi connectivity index (χ3v) is 10.5. The van der Waals surface area contributed by atoms with E-state index in [2.05, 4.69) is 47.7 Å². The molecule has 8 atom stereocenters. The van der Waals surface area contributed by atoms with Crippen molar-refractivity contribution in [1.82, 2.24) is 5.32 Å². The Bertz CT molecular complexity index is 1170. The number of rotatable bonds is 35. The van der Waals surface area contributed by atoms with Crippen LogP contribution in [0.4, 0.5) is 0 Å². The highest BCUT2D eigenvalue weighted by Gasteiger charge is 2.48. The van der Waals surface area contributed by atoms with Gasteiger partial charge >= 0.3 is 10.4 Å². The zero-order valence-electron chi connectivity index (χ0n) is 34.3. The molecule has 0 aromatic rings. The average Bonchev–Trinajstić information content (AvgIpc) is 3.16. The van der Waals surface area contributed by atoms with Gasteiger partial charge in [-0.1, -0.05) is 140 Å². The van der Waals surface area contributed by atoms with Crippen LogP contribution in [0, 0.1) is 0 Å². The SMILES string of the molecule is CCCCCC/C=C\CCCCCCCCC(O)C(=O)NC(COC1OC(CO)C(O)C(OS(=O)(=O)O)C1O)C(O)/C=C/CC/C=C/CCCCCCCCC. The highest BCUT2D eigenvalue weighted by Crippen LogP contribution is 2.26. The van der Waals surface area contributed by atoms with Crippen LogP contribution in [-0.4, -0.2) is 107 Å². The summed E-state index contributed by atoms with van der Waals surface area (Å²) in [5.74, 6) is -0.720. The second kappa shape index (κ2) is 33.1. The van der Waals surface area contributed by atoms with Crippen molar-refractivity contribution in [3.8, 4) is 0 Å². The number of carbonyl (C=O) groups excluding carboxylic acids is 1. The van der Waals surface area contributed by atoms with Crippen molar-refractivity contribution < 1.29 is 57.0 Å². The van der Waals surface area contributed by atoms with Crippen LogP contribution in [0.2, 0.25) is 0 Å². The molecule has 328 valence electrons. The minimum absolute atomic E-state index is 0.229. The smallest absolute Gasteiger partial charge is 0.394 e. The summed E-state index contributed by atoms with van der Waals surface area (Å²) in [5, 5.41) is 55.0. The molecule has 0 bridgehead atoms. The first-order valence-electron chi connectivity index (χ1n) is 21.5. The molecule has 1 heterocycles. The summed E-state index contributed by atoms with van der Waals surface area (Å²) in [7, 11) is -5.12. The van der Waals surface area contributed by atoms with Crippen LogP contribution < -0.4 is 5.32 Å². The van der Waals surface area contributed by atoms with Gasteiger partial charge in [-0.3, -0.25) is 9.35 Å². The standard InChI is InChI=1S/C42H77NO12S/c1-3-5-7-9-11-13-15-17-19-21-23-25-27-29-31-36(46)41(49)43-34(35(45)30-28-26-24-22-20-18-16-14-12-10-8-6-4-2)33-53-42-39(48)40(55-56(50,51)52)38(47)37(32-44)54-42/h13,15,20,22,28,30,34-40,42,44-48H,3-12,14,16-19,21,23-27,29,31-33H2,1-2H3,(H,43,49)(H,50,51,52)/b15-13-,22-20+,30-28+. The average molecular weight is 820 g/mol. The van der Waals surface area contributed by atoms with E-state index < -0.39 is 78.5 Å². The van der Waals surface area contributed by atoms with Crippen LogP contribution in [0.15, 0.2) is 36.5 Å². The van der Waals surface area contributed by atoms with E-state index in [9.17, 15) is 38.7 Å². The number of carbonyl (C=O) groups is 1. The molecule has 13 nitrogen and oxygen atoms in total. The Hall–Kier alpha value is -1.72. The predicted molar refractivity (Wildman–Crippen MR) is 219 cm³/mol. The summed E-state index contributed by atoms with van der Waals surface area (Å²) in [5.41, 5.74) is 0. The molecule has 7 N–H and O–H groups in total. The lowest BCUT2D eigenvalue weighted by Crippen LogP contribution is -2.61. The van der Waals surface area contributed by atoms with Gasteiger partial charge in [0.15, 0.2) is 6.29 Å². The maximum atomic E-state index is 13.0. The van der Waals surface area contributed by atoms with Gasteiger partial charge < -0.3 is 40.3 Å². The Labute approximate surface area is 337 Å². The van der Waals surface area contributed by atoms with Gasteiger partial charge in [-0.15, -0.1) is 0 Å². The zero-order valence-corrected chi connectivity index (χ0v) is 35.1. The van der Waals surface area contributed by atoms with Crippen molar-refractivity contribution in [1.29, 1.82) is 0 Å². The van der Waals surface area contributed by atoms with Crippen molar-refractivity contribution in [2.75, 3.05) is 13.2 Å². The fourth-order valence-corrected chi connectivity index (χ4v) is 7.04. The summed E-state index contributed by atoms with van der Waals surface area (Å²) >= 11 is 0. The van der Waals surface area contributed by atoms with E-state index in [1.165, 1.54) is 70.3 Å². The molecular formula is C42H77NO12S. The molecule has 0 radical (unpaired) electrons. The van der Waals surface area contributed by atoms with Crippen molar-refractivity contribution in [3.63, 3.8) is 0 Å². The van der Waals surface area contributed by atoms with Gasteiger partial charge in [0.05, 0.1) is 25.4 Å². The van der Waals surface area contributed by atoms with E-state index in [1.807, 2.05) is 0 Å². The van der Waals surface area contributed by atoms with Crippen molar-refractivity contribution in [2.24, 2.45) is 0 Å². The van der Waals surface area contributed by atoms with Gasteiger partial charge in [-0.2, -0.15) is 8.42 Å². The molecule has 0 aromatic carbocycles. The van der Waals surface area contributed by atoms with Crippen LogP contribution in [0.3, 0.4) is 0 Å². The fourth-order valence-electron chi connectivity index (χ4n) is 6.53. The van der Waals surface area contributed by atoms with E-state index in [0.29, 0.717) is 12.8 Å². The number of aliphatic hydroxyl groups excluding tert-OH is 5. The molecule has 1 fully saturated rings. The molecular weight excluding hydrogens is 743 g/mol. The number of aliphatic hydroxyl groups is 5. The number of hydrogen-bond donors (Lipinski definition) is 7. The number of unbranched alkanes of at least 4 members (excludes halogenated alkanes) is 18. The Morgan fingerprint density at radius 3 is 1.73 bits per heavy atom.